The summed E-state index contributed by atoms with van der Waals surface area (Å²) in [5, 5.41) is 12.9. The lowest BCUT2D eigenvalue weighted by Crippen LogP contribution is -2.46. The molecule has 2 N–H and O–H groups in total. The molecule has 31 heavy (non-hydrogen) atoms. The average Bonchev–Trinajstić information content (AvgIpc) is 2.98. The second-order valence-corrected chi connectivity index (χ2v) is 11.3. The van der Waals surface area contributed by atoms with Gasteiger partial charge in [0.15, 0.2) is 9.84 Å². The fraction of sp³-hybridized carbons (Fsp3) is 0.350. The van der Waals surface area contributed by atoms with Crippen molar-refractivity contribution in [3.05, 3.63) is 54.1 Å². The van der Waals surface area contributed by atoms with Crippen molar-refractivity contribution in [3.63, 3.8) is 0 Å². The van der Waals surface area contributed by atoms with Gasteiger partial charge < -0.3 is 15.2 Å². The summed E-state index contributed by atoms with van der Waals surface area (Å²) < 4.78 is 57.9. The van der Waals surface area contributed by atoms with Crippen molar-refractivity contribution in [2.75, 3.05) is 23.9 Å². The van der Waals surface area contributed by atoms with Crippen LogP contribution in [0.25, 0.3) is 0 Å². The molecule has 1 amide bonds. The van der Waals surface area contributed by atoms with Crippen molar-refractivity contribution in [2.24, 2.45) is 0 Å². The highest BCUT2D eigenvalue weighted by molar-refractivity contribution is 7.92. The van der Waals surface area contributed by atoms with E-state index in [2.05, 4.69) is 5.32 Å². The number of sulfonamides is 1. The monoisotopic (exact) mass is 468 g/mol. The van der Waals surface area contributed by atoms with Gasteiger partial charge in [-0.25, -0.2) is 16.8 Å². The lowest BCUT2D eigenvalue weighted by Gasteiger charge is -2.30. The zero-order chi connectivity index (χ0) is 22.8. The molecule has 3 rings (SSSR count). The van der Waals surface area contributed by atoms with Crippen molar-refractivity contribution >= 4 is 31.5 Å². The Morgan fingerprint density at radius 2 is 1.87 bits per heavy atom. The van der Waals surface area contributed by atoms with Crippen LogP contribution in [0.2, 0.25) is 0 Å². The molecular weight excluding hydrogens is 444 g/mol. The molecule has 0 unspecified atom stereocenters. The van der Waals surface area contributed by atoms with Gasteiger partial charge in [-0.3, -0.25) is 4.79 Å². The number of sulfone groups is 1. The van der Waals surface area contributed by atoms with Crippen molar-refractivity contribution in [1.82, 2.24) is 4.31 Å². The molecule has 168 valence electrons. The molecule has 0 aliphatic carbocycles. The number of aliphatic hydroxyl groups is 1. The van der Waals surface area contributed by atoms with Crippen molar-refractivity contribution in [2.45, 2.75) is 30.5 Å². The van der Waals surface area contributed by atoms with Crippen molar-refractivity contribution in [1.29, 1.82) is 0 Å². The zero-order valence-electron chi connectivity index (χ0n) is 17.1. The standard InChI is InChI=1S/C20H24N2O7S2/c1-14(23)21-16-8-9-19(29-2)20(10-16)31(27,28)22(11-15-6-4-3-5-7-15)17-12-30(25,26)13-18(17)24/h3-10,17-18,24H,11-13H2,1-2H3,(H,21,23)/t17-,18+/m0/s1. The molecule has 1 saturated heterocycles. The third-order valence-corrected chi connectivity index (χ3v) is 8.51. The molecular formula is C20H24N2O7S2. The fourth-order valence-corrected chi connectivity index (χ4v) is 7.24. The maximum atomic E-state index is 13.7. The Hall–Kier alpha value is -2.47. The fourth-order valence-electron chi connectivity index (χ4n) is 3.52. The highest BCUT2D eigenvalue weighted by Crippen LogP contribution is 2.33. The number of hydrogen-bond donors (Lipinski definition) is 2. The summed E-state index contributed by atoms with van der Waals surface area (Å²) in [4.78, 5) is 11.2. The van der Waals surface area contributed by atoms with Gasteiger partial charge in [0, 0.05) is 19.2 Å². The number of anilines is 1. The number of rotatable bonds is 7. The Morgan fingerprint density at radius 3 is 2.42 bits per heavy atom. The van der Waals surface area contributed by atoms with Gasteiger partial charge in [-0.1, -0.05) is 30.3 Å². The molecule has 11 heteroatoms. The summed E-state index contributed by atoms with van der Waals surface area (Å²) in [5.74, 6) is -1.36. The van der Waals surface area contributed by atoms with E-state index in [1.807, 2.05) is 0 Å². The number of carbonyl (C=O) groups excluding carboxylic acids is 1. The number of aliphatic hydroxyl groups excluding tert-OH is 1. The number of hydrogen-bond acceptors (Lipinski definition) is 7. The molecule has 1 fully saturated rings. The van der Waals surface area contributed by atoms with Crippen LogP contribution in [0.3, 0.4) is 0 Å². The molecule has 2 atom stereocenters. The van der Waals surface area contributed by atoms with Gasteiger partial charge in [0.2, 0.25) is 15.9 Å². The van der Waals surface area contributed by atoms with Crippen LogP contribution in [0.4, 0.5) is 5.69 Å². The SMILES string of the molecule is COc1ccc(NC(C)=O)cc1S(=O)(=O)N(Cc1ccccc1)[C@H]1CS(=O)(=O)C[C@H]1O. The second kappa shape index (κ2) is 8.95. The maximum Gasteiger partial charge on any atom is 0.247 e. The molecule has 1 aliphatic rings. The van der Waals surface area contributed by atoms with E-state index in [1.54, 1.807) is 30.3 Å². The first-order valence-electron chi connectivity index (χ1n) is 9.43. The predicted octanol–water partition coefficient (Wildman–Crippen LogP) is 1.00. The third-order valence-electron chi connectivity index (χ3n) is 4.92. The molecule has 0 spiro atoms. The minimum Gasteiger partial charge on any atom is -0.495 e. The van der Waals surface area contributed by atoms with Crippen molar-refractivity contribution in [3.8, 4) is 5.75 Å². The first-order chi connectivity index (χ1) is 14.5. The summed E-state index contributed by atoms with van der Waals surface area (Å²) >= 11 is 0. The van der Waals surface area contributed by atoms with Gasteiger partial charge in [0.25, 0.3) is 0 Å². The summed E-state index contributed by atoms with van der Waals surface area (Å²) in [6, 6.07) is 11.7. The number of methoxy groups -OCH3 is 1. The Morgan fingerprint density at radius 1 is 1.19 bits per heavy atom. The number of carbonyl (C=O) groups is 1. The molecule has 0 radical (unpaired) electrons. The number of nitrogens with zero attached hydrogens (tertiary/aromatic N) is 1. The quantitative estimate of drug-likeness (QED) is 0.620. The lowest BCUT2D eigenvalue weighted by molar-refractivity contribution is -0.114. The summed E-state index contributed by atoms with van der Waals surface area (Å²) in [7, 11) is -6.63. The first kappa shape index (κ1) is 23.2. The van der Waals surface area contributed by atoms with Gasteiger partial charge in [-0.05, 0) is 23.8 Å². The number of ether oxygens (including phenoxy) is 1. The van der Waals surface area contributed by atoms with Crippen LogP contribution in [0.5, 0.6) is 5.75 Å². The van der Waals surface area contributed by atoms with Crippen LogP contribution < -0.4 is 10.1 Å². The van der Waals surface area contributed by atoms with E-state index in [0.717, 1.165) is 4.31 Å². The lowest BCUT2D eigenvalue weighted by atomic mass is 10.2. The Balaban J connectivity index is 2.12. The summed E-state index contributed by atoms with van der Waals surface area (Å²) in [6.45, 7) is 1.15. The molecule has 0 bridgehead atoms. The molecule has 2 aromatic carbocycles. The zero-order valence-corrected chi connectivity index (χ0v) is 18.7. The highest BCUT2D eigenvalue weighted by atomic mass is 32.2. The molecule has 1 aliphatic heterocycles. The minimum atomic E-state index is -4.33. The van der Waals surface area contributed by atoms with Crippen LogP contribution in [-0.4, -0.2) is 62.9 Å². The van der Waals surface area contributed by atoms with E-state index >= 15 is 0 Å². The van der Waals surface area contributed by atoms with Crippen LogP contribution in [0.1, 0.15) is 12.5 Å². The minimum absolute atomic E-state index is 0.0301. The van der Waals surface area contributed by atoms with E-state index in [-0.39, 0.29) is 28.8 Å². The van der Waals surface area contributed by atoms with E-state index in [0.29, 0.717) is 5.56 Å². The third kappa shape index (κ3) is 5.24. The van der Waals surface area contributed by atoms with Crippen molar-refractivity contribution < 1.29 is 31.5 Å². The van der Waals surface area contributed by atoms with Gasteiger partial charge >= 0.3 is 0 Å². The van der Waals surface area contributed by atoms with Crippen LogP contribution in [0, 0.1) is 0 Å². The van der Waals surface area contributed by atoms with E-state index in [9.17, 15) is 26.7 Å². The van der Waals surface area contributed by atoms with Crippen LogP contribution in [-0.2, 0) is 31.2 Å². The predicted molar refractivity (Wildman–Crippen MR) is 115 cm³/mol. The van der Waals surface area contributed by atoms with E-state index < -0.39 is 43.5 Å². The smallest absolute Gasteiger partial charge is 0.247 e. The average molecular weight is 469 g/mol. The molecule has 1 heterocycles. The number of nitrogens with one attached hydrogen (secondary N) is 1. The topological polar surface area (TPSA) is 130 Å². The van der Waals surface area contributed by atoms with E-state index in [4.69, 9.17) is 4.74 Å². The van der Waals surface area contributed by atoms with Gasteiger partial charge in [-0.2, -0.15) is 4.31 Å². The number of amides is 1. The molecule has 0 aromatic heterocycles. The Bertz CT molecular complexity index is 1170. The summed E-state index contributed by atoms with van der Waals surface area (Å²) in [5.41, 5.74) is 0.866. The molecule has 9 nitrogen and oxygen atoms in total. The second-order valence-electron chi connectivity index (χ2n) is 7.29. The van der Waals surface area contributed by atoms with E-state index in [1.165, 1.54) is 32.2 Å². The number of benzene rings is 2. The first-order valence-corrected chi connectivity index (χ1v) is 12.7. The normalized spacial score (nSPS) is 20.5. The van der Waals surface area contributed by atoms with Gasteiger partial charge in [0.1, 0.15) is 10.6 Å². The maximum absolute atomic E-state index is 13.7. The highest BCUT2D eigenvalue weighted by Gasteiger charge is 2.45. The van der Waals surface area contributed by atoms with Gasteiger partial charge in [-0.15, -0.1) is 0 Å². The molecule has 0 saturated carbocycles. The van der Waals surface area contributed by atoms with Gasteiger partial charge in [0.05, 0.1) is 30.8 Å². The largest absolute Gasteiger partial charge is 0.495 e. The summed E-state index contributed by atoms with van der Waals surface area (Å²) in [6.07, 6.45) is -1.37. The van der Waals surface area contributed by atoms with Crippen LogP contribution in [0.15, 0.2) is 53.4 Å². The molecule has 2 aromatic rings. The Labute approximate surface area is 181 Å². The Kier molecular flexibility index (Phi) is 6.70. The van der Waals surface area contributed by atoms with Crippen LogP contribution >= 0.6 is 0 Å².